The summed E-state index contributed by atoms with van der Waals surface area (Å²) in [6, 6.07) is 0. The van der Waals surface area contributed by atoms with E-state index in [1.807, 2.05) is 0 Å². The number of hydrogen-bond acceptors (Lipinski definition) is 4. The van der Waals surface area contributed by atoms with Crippen LogP contribution in [0.25, 0.3) is 0 Å². The minimum Gasteiger partial charge on any atom is -0.481 e. The van der Waals surface area contributed by atoms with E-state index in [2.05, 4.69) is 0 Å². The normalized spacial score (nSPS) is 13.2. The first-order valence-corrected chi connectivity index (χ1v) is 4.25. The molecular weight excluding hydrogens is 174 g/mol. The van der Waals surface area contributed by atoms with Crippen molar-refractivity contribution in [1.82, 2.24) is 4.90 Å². The average Bonchev–Trinajstić information content (AvgIpc) is 2.03. The smallest absolute Gasteiger partial charge is 0.303 e. The summed E-state index contributed by atoms with van der Waals surface area (Å²) in [4.78, 5) is 11.9. The van der Waals surface area contributed by atoms with Gasteiger partial charge in [0.1, 0.15) is 0 Å². The zero-order chi connectivity index (χ0) is 10.3. The Balaban J connectivity index is 3.39. The van der Waals surface area contributed by atoms with Crippen molar-refractivity contribution < 1.29 is 20.1 Å². The molecular formula is C8H17NO4. The maximum Gasteiger partial charge on any atom is 0.303 e. The second-order valence-corrected chi connectivity index (χ2v) is 3.10. The van der Waals surface area contributed by atoms with E-state index in [4.69, 9.17) is 15.3 Å². The van der Waals surface area contributed by atoms with Crippen molar-refractivity contribution in [3.05, 3.63) is 0 Å². The molecule has 5 heteroatoms. The predicted molar refractivity (Wildman–Crippen MR) is 47.5 cm³/mol. The molecule has 0 saturated carbocycles. The highest BCUT2D eigenvalue weighted by atomic mass is 16.4. The minimum atomic E-state index is -0.809. The van der Waals surface area contributed by atoms with Crippen LogP contribution in [0.5, 0.6) is 0 Å². The highest BCUT2D eigenvalue weighted by Gasteiger charge is 2.06. The van der Waals surface area contributed by atoms with Crippen molar-refractivity contribution in [3.63, 3.8) is 0 Å². The van der Waals surface area contributed by atoms with Gasteiger partial charge in [-0.15, -0.1) is 0 Å². The zero-order valence-electron chi connectivity index (χ0n) is 7.81. The summed E-state index contributed by atoms with van der Waals surface area (Å²) in [5.74, 6) is -0.809. The average molecular weight is 191 g/mol. The van der Waals surface area contributed by atoms with E-state index in [-0.39, 0.29) is 13.0 Å². The Labute approximate surface area is 77.6 Å². The Kier molecular flexibility index (Phi) is 6.48. The van der Waals surface area contributed by atoms with Crippen LogP contribution >= 0.6 is 0 Å². The summed E-state index contributed by atoms with van der Waals surface area (Å²) in [6.07, 6.45) is -0.0429. The monoisotopic (exact) mass is 191 g/mol. The van der Waals surface area contributed by atoms with Gasteiger partial charge in [-0.1, -0.05) is 0 Å². The molecule has 0 aromatic rings. The van der Waals surface area contributed by atoms with E-state index in [0.717, 1.165) is 0 Å². The lowest BCUT2D eigenvalue weighted by atomic mass is 10.3. The predicted octanol–water partition coefficient (Wildman–Crippen LogP) is -0.864. The zero-order valence-corrected chi connectivity index (χ0v) is 7.81. The van der Waals surface area contributed by atoms with E-state index in [1.165, 1.54) is 0 Å². The SMILES string of the molecule is CN(CCCC(=O)O)CC(O)CO. The molecule has 0 aromatic carbocycles. The topological polar surface area (TPSA) is 81.0 Å². The van der Waals surface area contributed by atoms with Gasteiger partial charge in [0.15, 0.2) is 0 Å². The Morgan fingerprint density at radius 3 is 2.62 bits per heavy atom. The molecule has 0 radical (unpaired) electrons. The lowest BCUT2D eigenvalue weighted by Crippen LogP contribution is -2.32. The Morgan fingerprint density at radius 2 is 2.15 bits per heavy atom. The second-order valence-electron chi connectivity index (χ2n) is 3.10. The van der Waals surface area contributed by atoms with Crippen LogP contribution in [-0.2, 0) is 4.79 Å². The molecule has 5 nitrogen and oxygen atoms in total. The first kappa shape index (κ1) is 12.3. The molecule has 0 aliphatic heterocycles. The van der Waals surface area contributed by atoms with Crippen LogP contribution in [-0.4, -0.2) is 59.0 Å². The van der Waals surface area contributed by atoms with Gasteiger partial charge in [0.2, 0.25) is 0 Å². The van der Waals surface area contributed by atoms with Crippen LogP contribution in [0.1, 0.15) is 12.8 Å². The van der Waals surface area contributed by atoms with Crippen molar-refractivity contribution in [3.8, 4) is 0 Å². The molecule has 0 aliphatic rings. The summed E-state index contributed by atoms with van der Waals surface area (Å²) in [5, 5.41) is 25.9. The van der Waals surface area contributed by atoms with Gasteiger partial charge < -0.3 is 20.2 Å². The van der Waals surface area contributed by atoms with Crippen LogP contribution in [0.4, 0.5) is 0 Å². The largest absolute Gasteiger partial charge is 0.481 e. The number of aliphatic hydroxyl groups excluding tert-OH is 2. The van der Waals surface area contributed by atoms with Gasteiger partial charge in [0.05, 0.1) is 12.7 Å². The van der Waals surface area contributed by atoms with Crippen molar-refractivity contribution in [2.24, 2.45) is 0 Å². The minimum absolute atomic E-state index is 0.138. The molecule has 1 unspecified atom stereocenters. The van der Waals surface area contributed by atoms with Crippen molar-refractivity contribution in [1.29, 1.82) is 0 Å². The van der Waals surface area contributed by atoms with E-state index in [1.54, 1.807) is 11.9 Å². The fourth-order valence-electron chi connectivity index (χ4n) is 1.01. The quantitative estimate of drug-likeness (QED) is 0.487. The number of carboxylic acids is 1. The van der Waals surface area contributed by atoms with Crippen LogP contribution in [0.15, 0.2) is 0 Å². The summed E-state index contributed by atoms with van der Waals surface area (Å²) < 4.78 is 0. The molecule has 0 aliphatic carbocycles. The number of carboxylic acid groups (broad SMARTS) is 1. The summed E-state index contributed by atoms with van der Waals surface area (Å²) in [7, 11) is 1.78. The molecule has 0 heterocycles. The van der Waals surface area contributed by atoms with Gasteiger partial charge in [0.25, 0.3) is 0 Å². The van der Waals surface area contributed by atoms with Gasteiger partial charge in [-0.2, -0.15) is 0 Å². The molecule has 1 atom stereocenters. The Bertz CT molecular complexity index is 151. The second kappa shape index (κ2) is 6.82. The first-order valence-electron chi connectivity index (χ1n) is 4.25. The fraction of sp³-hybridized carbons (Fsp3) is 0.875. The summed E-state index contributed by atoms with van der Waals surface area (Å²) >= 11 is 0. The number of aliphatic carboxylic acids is 1. The molecule has 0 bridgehead atoms. The van der Waals surface area contributed by atoms with E-state index in [9.17, 15) is 4.79 Å². The van der Waals surface area contributed by atoms with Gasteiger partial charge in [0, 0.05) is 13.0 Å². The summed E-state index contributed by atoms with van der Waals surface area (Å²) in [5.41, 5.74) is 0. The third kappa shape index (κ3) is 7.70. The maximum atomic E-state index is 10.2. The van der Waals surface area contributed by atoms with Gasteiger partial charge >= 0.3 is 5.97 Å². The molecule has 13 heavy (non-hydrogen) atoms. The number of rotatable bonds is 7. The molecule has 0 aromatic heterocycles. The molecule has 0 fully saturated rings. The number of nitrogens with zero attached hydrogens (tertiary/aromatic N) is 1. The third-order valence-electron chi connectivity index (χ3n) is 1.66. The molecule has 3 N–H and O–H groups in total. The van der Waals surface area contributed by atoms with Crippen molar-refractivity contribution >= 4 is 5.97 Å². The fourth-order valence-corrected chi connectivity index (χ4v) is 1.01. The molecule has 78 valence electrons. The lowest BCUT2D eigenvalue weighted by Gasteiger charge is -2.18. The standard InChI is InChI=1S/C8H17NO4/c1-9(5-7(11)6-10)4-2-3-8(12)13/h7,10-11H,2-6H2,1H3,(H,12,13). The summed E-state index contributed by atoms with van der Waals surface area (Å²) in [6.45, 7) is 0.725. The van der Waals surface area contributed by atoms with E-state index >= 15 is 0 Å². The van der Waals surface area contributed by atoms with Gasteiger partial charge in [-0.05, 0) is 20.0 Å². The van der Waals surface area contributed by atoms with E-state index in [0.29, 0.717) is 19.5 Å². The number of carbonyl (C=O) groups is 1. The highest BCUT2D eigenvalue weighted by molar-refractivity contribution is 5.66. The third-order valence-corrected chi connectivity index (χ3v) is 1.66. The van der Waals surface area contributed by atoms with Crippen LogP contribution in [0, 0.1) is 0 Å². The number of hydrogen-bond donors (Lipinski definition) is 3. The number of likely N-dealkylation sites (N-methyl/N-ethyl adjacent to an activating group) is 1. The van der Waals surface area contributed by atoms with Gasteiger partial charge in [-0.3, -0.25) is 4.79 Å². The van der Waals surface area contributed by atoms with E-state index < -0.39 is 12.1 Å². The van der Waals surface area contributed by atoms with Crippen molar-refractivity contribution in [2.75, 3.05) is 26.7 Å². The Morgan fingerprint density at radius 1 is 1.54 bits per heavy atom. The highest BCUT2D eigenvalue weighted by Crippen LogP contribution is 1.94. The molecule has 0 saturated heterocycles. The maximum absolute atomic E-state index is 10.2. The Hall–Kier alpha value is -0.650. The van der Waals surface area contributed by atoms with Crippen LogP contribution in [0.2, 0.25) is 0 Å². The van der Waals surface area contributed by atoms with Gasteiger partial charge in [-0.25, -0.2) is 0 Å². The van der Waals surface area contributed by atoms with Crippen LogP contribution < -0.4 is 0 Å². The van der Waals surface area contributed by atoms with Crippen molar-refractivity contribution in [2.45, 2.75) is 18.9 Å². The molecule has 0 rings (SSSR count). The first-order chi connectivity index (χ1) is 6.06. The van der Waals surface area contributed by atoms with Crippen LogP contribution in [0.3, 0.4) is 0 Å². The lowest BCUT2D eigenvalue weighted by molar-refractivity contribution is -0.137. The molecule has 0 spiro atoms. The number of aliphatic hydroxyl groups is 2. The molecule has 0 amide bonds.